The molecule has 124 valence electrons. The van der Waals surface area contributed by atoms with Crippen LogP contribution in [0.3, 0.4) is 0 Å². The number of likely N-dealkylation sites (tertiary alicyclic amines) is 1. The van der Waals surface area contributed by atoms with Gasteiger partial charge in [0.1, 0.15) is 0 Å². The van der Waals surface area contributed by atoms with E-state index in [1.165, 1.54) is 10.3 Å². The third-order valence-electron chi connectivity index (χ3n) is 5.68. The first-order valence-electron chi connectivity index (χ1n) is 8.37. The lowest BCUT2D eigenvalue weighted by Crippen LogP contribution is -2.29. The Morgan fingerprint density at radius 2 is 2.17 bits per heavy atom. The molecule has 4 nitrogen and oxygen atoms in total. The number of nitrogens with zero attached hydrogens (tertiary/aromatic N) is 2. The predicted octanol–water partition coefficient (Wildman–Crippen LogP) is 3.89. The maximum Gasteiger partial charge on any atom is 0.0815 e. The molecule has 0 spiro atoms. The number of nitrogens with one attached hydrogen (secondary N) is 1. The van der Waals surface area contributed by atoms with Crippen molar-refractivity contribution in [3.8, 4) is 0 Å². The molecule has 2 aliphatic heterocycles. The average molecular weight is 350 g/mol. The minimum Gasteiger partial charge on any atom is -0.297 e. The minimum atomic E-state index is -2.34. The lowest BCUT2D eigenvalue weighted by molar-refractivity contribution is 0.216. The summed E-state index contributed by atoms with van der Waals surface area (Å²) in [7, 11) is -2.34. The van der Waals surface area contributed by atoms with E-state index < -0.39 is 9.73 Å². The van der Waals surface area contributed by atoms with Gasteiger partial charge in [-0.25, -0.2) is 9.19 Å². The lowest BCUT2D eigenvalue weighted by atomic mass is 9.98. The van der Waals surface area contributed by atoms with Gasteiger partial charge in [0.15, 0.2) is 0 Å². The van der Waals surface area contributed by atoms with Crippen molar-refractivity contribution >= 4 is 31.3 Å². The van der Waals surface area contributed by atoms with Crippen molar-refractivity contribution in [2.24, 2.45) is 5.92 Å². The fourth-order valence-electron chi connectivity index (χ4n) is 4.20. The predicted molar refractivity (Wildman–Crippen MR) is 96.5 cm³/mol. The Labute approximate surface area is 141 Å². The molecule has 4 atom stereocenters. The minimum absolute atomic E-state index is 0.126. The second kappa shape index (κ2) is 5.83. The molecule has 0 radical (unpaired) electrons. The van der Waals surface area contributed by atoms with Gasteiger partial charge in [0.05, 0.1) is 15.7 Å². The number of thiazole rings is 1. The maximum absolute atomic E-state index is 12.4. The number of benzene rings is 1. The quantitative estimate of drug-likeness (QED) is 0.895. The van der Waals surface area contributed by atoms with Crippen LogP contribution in [0.2, 0.25) is 0 Å². The molecule has 1 N–H and O–H groups in total. The molecule has 0 bridgehead atoms. The zero-order valence-corrected chi connectivity index (χ0v) is 15.0. The van der Waals surface area contributed by atoms with Crippen molar-refractivity contribution < 1.29 is 4.21 Å². The molecule has 4 unspecified atom stereocenters. The first-order valence-corrected chi connectivity index (χ1v) is 11.0. The molecular formula is C17H23N3OS2. The smallest absolute Gasteiger partial charge is 0.0815 e. The van der Waals surface area contributed by atoms with E-state index in [-0.39, 0.29) is 5.25 Å². The van der Waals surface area contributed by atoms with Gasteiger partial charge in [-0.05, 0) is 62.9 Å². The first-order chi connectivity index (χ1) is 11.0. The van der Waals surface area contributed by atoms with Crippen LogP contribution in [0.1, 0.15) is 37.8 Å². The highest BCUT2D eigenvalue weighted by Gasteiger charge is 2.39. The van der Waals surface area contributed by atoms with Gasteiger partial charge in [0.2, 0.25) is 0 Å². The number of fused-ring (bicyclic) bond motifs is 2. The molecule has 2 aliphatic rings. The fourth-order valence-corrected chi connectivity index (χ4v) is 7.19. The van der Waals surface area contributed by atoms with E-state index >= 15 is 0 Å². The molecule has 0 saturated carbocycles. The second-order valence-corrected chi connectivity index (χ2v) is 10.2. The summed E-state index contributed by atoms with van der Waals surface area (Å²) in [5, 5.41) is 0.126. The number of rotatable bonds is 2. The molecule has 3 heterocycles. The average Bonchev–Trinajstić information content (AvgIpc) is 3.03. The van der Waals surface area contributed by atoms with Crippen LogP contribution in [0.4, 0.5) is 0 Å². The molecule has 2 saturated heterocycles. The highest BCUT2D eigenvalue weighted by Crippen LogP contribution is 2.36. The van der Waals surface area contributed by atoms with Crippen molar-refractivity contribution in [3.05, 3.63) is 29.3 Å². The molecule has 23 heavy (non-hydrogen) atoms. The normalized spacial score (nSPS) is 33.4. The summed E-state index contributed by atoms with van der Waals surface area (Å²) in [5.74, 6) is 1.12. The van der Waals surface area contributed by atoms with Crippen LogP contribution in [-0.2, 0) is 9.73 Å². The summed E-state index contributed by atoms with van der Waals surface area (Å²) in [6.45, 7) is 4.26. The van der Waals surface area contributed by atoms with E-state index in [9.17, 15) is 4.21 Å². The standard InChI is InChI=1S/C17H23N3OS2/c1-12(14-2-3-16-15(10-14)19-11-22-16)20-7-4-13-6-9-23(18,21)17(13)5-8-20/h2-3,10-13,17-18H,4-9H2,1H3. The Balaban J connectivity index is 1.54. The number of hydrogen-bond donors (Lipinski definition) is 1. The number of aromatic nitrogens is 1. The first kappa shape index (κ1) is 15.5. The topological polar surface area (TPSA) is 57.1 Å². The summed E-state index contributed by atoms with van der Waals surface area (Å²) < 4.78 is 21.8. The summed E-state index contributed by atoms with van der Waals surface area (Å²) in [4.78, 5) is 6.93. The highest BCUT2D eigenvalue weighted by atomic mass is 32.2. The zero-order valence-electron chi connectivity index (χ0n) is 13.4. The van der Waals surface area contributed by atoms with Gasteiger partial charge in [-0.1, -0.05) is 6.07 Å². The van der Waals surface area contributed by atoms with Crippen molar-refractivity contribution in [3.63, 3.8) is 0 Å². The van der Waals surface area contributed by atoms with Gasteiger partial charge < -0.3 is 0 Å². The molecule has 2 fully saturated rings. The third kappa shape index (κ3) is 2.81. The van der Waals surface area contributed by atoms with Crippen LogP contribution in [0.15, 0.2) is 23.7 Å². The summed E-state index contributed by atoms with van der Waals surface area (Å²) in [6.07, 6.45) is 2.99. The van der Waals surface area contributed by atoms with Gasteiger partial charge in [0, 0.05) is 26.8 Å². The van der Waals surface area contributed by atoms with Crippen LogP contribution in [0.25, 0.3) is 10.2 Å². The van der Waals surface area contributed by atoms with Gasteiger partial charge in [0.25, 0.3) is 0 Å². The Morgan fingerprint density at radius 1 is 1.35 bits per heavy atom. The van der Waals surface area contributed by atoms with Crippen LogP contribution < -0.4 is 0 Å². The summed E-state index contributed by atoms with van der Waals surface area (Å²) >= 11 is 1.68. The third-order valence-corrected chi connectivity index (χ3v) is 8.93. The van der Waals surface area contributed by atoms with Crippen molar-refractivity contribution in [2.45, 2.75) is 37.5 Å². The lowest BCUT2D eigenvalue weighted by Gasteiger charge is -2.28. The Morgan fingerprint density at radius 3 is 3.04 bits per heavy atom. The highest BCUT2D eigenvalue weighted by molar-refractivity contribution is 7.93. The van der Waals surface area contributed by atoms with Gasteiger partial charge in [-0.15, -0.1) is 11.3 Å². The van der Waals surface area contributed by atoms with Crippen LogP contribution >= 0.6 is 11.3 Å². The Bertz CT molecular complexity index is 814. The monoisotopic (exact) mass is 349 g/mol. The van der Waals surface area contributed by atoms with E-state index in [1.807, 2.05) is 5.51 Å². The molecule has 6 heteroatoms. The molecular weight excluding hydrogens is 326 g/mol. The number of hydrogen-bond acceptors (Lipinski definition) is 5. The maximum atomic E-state index is 12.4. The van der Waals surface area contributed by atoms with Crippen molar-refractivity contribution in [1.82, 2.24) is 9.88 Å². The van der Waals surface area contributed by atoms with E-state index in [1.54, 1.807) is 11.3 Å². The second-order valence-electron chi connectivity index (χ2n) is 6.89. The summed E-state index contributed by atoms with van der Waals surface area (Å²) in [5.41, 5.74) is 4.29. The van der Waals surface area contributed by atoms with Gasteiger partial charge in [-0.2, -0.15) is 0 Å². The van der Waals surface area contributed by atoms with Crippen LogP contribution in [0, 0.1) is 10.7 Å². The SMILES string of the molecule is CC(c1ccc2scnc2c1)N1CCC2CCS(=N)(=O)C2CC1. The molecule has 1 aromatic heterocycles. The van der Waals surface area contributed by atoms with Crippen LogP contribution in [0.5, 0.6) is 0 Å². The van der Waals surface area contributed by atoms with Crippen LogP contribution in [-0.4, -0.2) is 38.2 Å². The molecule has 0 amide bonds. The largest absolute Gasteiger partial charge is 0.297 e. The zero-order chi connectivity index (χ0) is 16.0. The van der Waals surface area contributed by atoms with Crippen molar-refractivity contribution in [1.29, 1.82) is 4.78 Å². The molecule has 2 aromatic rings. The fraction of sp³-hybridized carbons (Fsp3) is 0.588. The molecule has 1 aromatic carbocycles. The van der Waals surface area contributed by atoms with E-state index in [0.717, 1.165) is 37.9 Å². The molecule has 0 aliphatic carbocycles. The Hall–Kier alpha value is -0.980. The van der Waals surface area contributed by atoms with Crippen molar-refractivity contribution in [2.75, 3.05) is 18.8 Å². The summed E-state index contributed by atoms with van der Waals surface area (Å²) in [6, 6.07) is 6.93. The molecule has 4 rings (SSSR count). The van der Waals surface area contributed by atoms with E-state index in [0.29, 0.717) is 17.7 Å². The van der Waals surface area contributed by atoms with E-state index in [2.05, 4.69) is 35.0 Å². The Kier molecular flexibility index (Phi) is 3.94. The van der Waals surface area contributed by atoms with E-state index in [4.69, 9.17) is 4.78 Å². The van der Waals surface area contributed by atoms with Gasteiger partial charge in [-0.3, -0.25) is 9.68 Å². The van der Waals surface area contributed by atoms with Gasteiger partial charge >= 0.3 is 0 Å².